The van der Waals surface area contributed by atoms with Crippen molar-refractivity contribution in [1.29, 1.82) is 0 Å². The van der Waals surface area contributed by atoms with E-state index in [1.165, 1.54) is 5.69 Å². The summed E-state index contributed by atoms with van der Waals surface area (Å²) in [7, 11) is 5.84. The molecular formula is C14H21BrN4. The van der Waals surface area contributed by atoms with Crippen molar-refractivity contribution in [2.24, 2.45) is 4.99 Å². The Balaban J connectivity index is 1.95. The maximum Gasteiger partial charge on any atom is 0.193 e. The number of nitrogens with one attached hydrogen (secondary N) is 1. The molecule has 0 spiro atoms. The smallest absolute Gasteiger partial charge is 0.193 e. The van der Waals surface area contributed by atoms with Crippen LogP contribution in [0.15, 0.2) is 33.7 Å². The van der Waals surface area contributed by atoms with Gasteiger partial charge < -0.3 is 15.1 Å². The Bertz CT molecular complexity index is 441. The molecule has 1 heterocycles. The lowest BCUT2D eigenvalue weighted by Gasteiger charge is -2.22. The summed E-state index contributed by atoms with van der Waals surface area (Å²) < 4.78 is 1.12. The molecule has 0 radical (unpaired) electrons. The summed E-state index contributed by atoms with van der Waals surface area (Å²) >= 11 is 3.47. The summed E-state index contributed by atoms with van der Waals surface area (Å²) in [6.45, 7) is 2.11. The highest BCUT2D eigenvalue weighted by atomic mass is 79.9. The number of rotatable bonds is 2. The Kier molecular flexibility index (Phi) is 4.69. The van der Waals surface area contributed by atoms with Gasteiger partial charge in [-0.3, -0.25) is 4.99 Å². The van der Waals surface area contributed by atoms with Gasteiger partial charge in [0, 0.05) is 50.4 Å². The minimum Gasteiger partial charge on any atom is -0.369 e. The number of hydrogen-bond donors (Lipinski definition) is 1. The SMILES string of the molecule is CN=C(NC1CCN(c2ccc(Br)cc2)C1)N(C)C. The lowest BCUT2D eigenvalue weighted by molar-refractivity contribution is 0.548. The predicted molar refractivity (Wildman–Crippen MR) is 84.9 cm³/mol. The van der Waals surface area contributed by atoms with Gasteiger partial charge in [-0.1, -0.05) is 15.9 Å². The summed E-state index contributed by atoms with van der Waals surface area (Å²) in [4.78, 5) is 8.69. The van der Waals surface area contributed by atoms with Crippen molar-refractivity contribution in [3.63, 3.8) is 0 Å². The molecule has 1 saturated heterocycles. The molecule has 1 unspecified atom stereocenters. The van der Waals surface area contributed by atoms with Gasteiger partial charge in [-0.25, -0.2) is 0 Å². The molecule has 1 aromatic rings. The summed E-state index contributed by atoms with van der Waals surface area (Å²) in [5.41, 5.74) is 1.28. The van der Waals surface area contributed by atoms with Crippen molar-refractivity contribution >= 4 is 27.6 Å². The number of anilines is 1. The van der Waals surface area contributed by atoms with Crippen LogP contribution in [0.4, 0.5) is 5.69 Å². The highest BCUT2D eigenvalue weighted by Crippen LogP contribution is 2.22. The Labute approximate surface area is 123 Å². The van der Waals surface area contributed by atoms with Crippen LogP contribution in [0.25, 0.3) is 0 Å². The molecule has 4 nitrogen and oxygen atoms in total. The third-order valence-corrected chi connectivity index (χ3v) is 3.88. The monoisotopic (exact) mass is 324 g/mol. The Morgan fingerprint density at radius 3 is 2.63 bits per heavy atom. The van der Waals surface area contributed by atoms with Crippen molar-refractivity contribution in [2.45, 2.75) is 12.5 Å². The average Bonchev–Trinajstić information content (AvgIpc) is 2.85. The fourth-order valence-corrected chi connectivity index (χ4v) is 2.61. The summed E-state index contributed by atoms with van der Waals surface area (Å²) in [5.74, 6) is 0.947. The zero-order chi connectivity index (χ0) is 13.8. The first-order chi connectivity index (χ1) is 9.10. The number of halogens is 1. The van der Waals surface area contributed by atoms with Crippen LogP contribution in [0.5, 0.6) is 0 Å². The van der Waals surface area contributed by atoms with Gasteiger partial charge in [0.25, 0.3) is 0 Å². The van der Waals surface area contributed by atoms with Crippen LogP contribution in [0.2, 0.25) is 0 Å². The zero-order valence-corrected chi connectivity index (χ0v) is 13.3. The van der Waals surface area contributed by atoms with E-state index in [4.69, 9.17) is 0 Å². The van der Waals surface area contributed by atoms with Crippen molar-refractivity contribution < 1.29 is 0 Å². The first kappa shape index (κ1) is 14.2. The fraction of sp³-hybridized carbons (Fsp3) is 0.500. The van der Waals surface area contributed by atoms with Crippen molar-refractivity contribution in [3.8, 4) is 0 Å². The second-order valence-corrected chi connectivity index (χ2v) is 5.91. The van der Waals surface area contributed by atoms with Crippen LogP contribution >= 0.6 is 15.9 Å². The zero-order valence-electron chi connectivity index (χ0n) is 11.7. The summed E-state index contributed by atoms with van der Waals surface area (Å²) in [6.07, 6.45) is 1.14. The Hall–Kier alpha value is -1.23. The molecule has 0 saturated carbocycles. The van der Waals surface area contributed by atoms with E-state index >= 15 is 0 Å². The quantitative estimate of drug-likeness (QED) is 0.668. The molecule has 1 N–H and O–H groups in total. The number of benzene rings is 1. The van der Waals surface area contributed by atoms with Crippen molar-refractivity contribution in [2.75, 3.05) is 39.1 Å². The fourth-order valence-electron chi connectivity index (χ4n) is 2.34. The molecule has 104 valence electrons. The minimum atomic E-state index is 0.463. The highest BCUT2D eigenvalue weighted by Gasteiger charge is 2.23. The molecule has 5 heteroatoms. The number of guanidine groups is 1. The molecule has 0 bridgehead atoms. The molecule has 1 aromatic carbocycles. The Morgan fingerprint density at radius 2 is 2.05 bits per heavy atom. The van der Waals surface area contributed by atoms with Crippen LogP contribution in [0.3, 0.4) is 0 Å². The molecule has 19 heavy (non-hydrogen) atoms. The van der Waals surface area contributed by atoms with E-state index < -0.39 is 0 Å². The van der Waals surface area contributed by atoms with Gasteiger partial charge in [-0.2, -0.15) is 0 Å². The van der Waals surface area contributed by atoms with E-state index in [0.717, 1.165) is 29.9 Å². The summed E-state index contributed by atoms with van der Waals surface area (Å²) in [5, 5.41) is 3.50. The average molecular weight is 325 g/mol. The van der Waals surface area contributed by atoms with Crippen LogP contribution in [0, 0.1) is 0 Å². The molecule has 1 fully saturated rings. The molecule has 1 atom stereocenters. The Morgan fingerprint density at radius 1 is 1.37 bits per heavy atom. The van der Waals surface area contributed by atoms with E-state index in [0.29, 0.717) is 6.04 Å². The van der Waals surface area contributed by atoms with Crippen molar-refractivity contribution in [1.82, 2.24) is 10.2 Å². The van der Waals surface area contributed by atoms with Crippen LogP contribution < -0.4 is 10.2 Å². The van der Waals surface area contributed by atoms with Gasteiger partial charge in [-0.05, 0) is 30.7 Å². The first-order valence-electron chi connectivity index (χ1n) is 6.51. The lowest BCUT2D eigenvalue weighted by Crippen LogP contribution is -2.43. The van der Waals surface area contributed by atoms with Gasteiger partial charge in [0.2, 0.25) is 0 Å². The minimum absolute atomic E-state index is 0.463. The van der Waals surface area contributed by atoms with Gasteiger partial charge in [0.1, 0.15) is 0 Å². The third-order valence-electron chi connectivity index (χ3n) is 3.35. The third kappa shape index (κ3) is 3.62. The standard InChI is InChI=1S/C14H21BrN4/c1-16-14(18(2)3)17-12-8-9-19(10-12)13-6-4-11(15)5-7-13/h4-7,12H,8-10H2,1-3H3,(H,16,17). The number of nitrogens with zero attached hydrogens (tertiary/aromatic N) is 3. The topological polar surface area (TPSA) is 30.9 Å². The molecule has 0 amide bonds. The molecule has 1 aliphatic heterocycles. The normalized spacial score (nSPS) is 19.7. The number of hydrogen-bond acceptors (Lipinski definition) is 2. The second kappa shape index (κ2) is 6.28. The van der Waals surface area contributed by atoms with Crippen LogP contribution in [-0.2, 0) is 0 Å². The first-order valence-corrected chi connectivity index (χ1v) is 7.30. The summed E-state index contributed by atoms with van der Waals surface area (Å²) in [6, 6.07) is 8.97. The second-order valence-electron chi connectivity index (χ2n) is 4.99. The van der Waals surface area contributed by atoms with Crippen LogP contribution in [-0.4, -0.2) is 51.1 Å². The highest BCUT2D eigenvalue weighted by molar-refractivity contribution is 9.10. The molecule has 0 aromatic heterocycles. The van der Waals surface area contributed by atoms with Gasteiger partial charge in [0.15, 0.2) is 5.96 Å². The lowest BCUT2D eigenvalue weighted by atomic mass is 10.3. The largest absolute Gasteiger partial charge is 0.369 e. The van der Waals surface area contributed by atoms with E-state index in [1.807, 2.05) is 26.0 Å². The predicted octanol–water partition coefficient (Wildman–Crippen LogP) is 2.16. The van der Waals surface area contributed by atoms with Gasteiger partial charge in [-0.15, -0.1) is 0 Å². The van der Waals surface area contributed by atoms with Crippen LogP contribution in [0.1, 0.15) is 6.42 Å². The molecule has 2 rings (SSSR count). The maximum absolute atomic E-state index is 4.27. The van der Waals surface area contributed by atoms with Crippen molar-refractivity contribution in [3.05, 3.63) is 28.7 Å². The number of aliphatic imine (C=N–C) groups is 1. The van der Waals surface area contributed by atoms with Gasteiger partial charge >= 0.3 is 0 Å². The molecule has 0 aliphatic carbocycles. The van der Waals surface area contributed by atoms with E-state index in [2.05, 4.69) is 55.4 Å². The van der Waals surface area contributed by atoms with E-state index in [9.17, 15) is 0 Å². The van der Waals surface area contributed by atoms with E-state index in [-0.39, 0.29) is 0 Å². The molecular weight excluding hydrogens is 304 g/mol. The van der Waals surface area contributed by atoms with Gasteiger partial charge in [0.05, 0.1) is 0 Å². The molecule has 1 aliphatic rings. The maximum atomic E-state index is 4.27. The van der Waals surface area contributed by atoms with E-state index in [1.54, 1.807) is 0 Å².